The largest absolute Gasteiger partial charge is 0.370 e. The van der Waals surface area contributed by atoms with Gasteiger partial charge in [0.1, 0.15) is 30.2 Å². The van der Waals surface area contributed by atoms with Crippen LogP contribution in [0.2, 0.25) is 0 Å². The molecule has 0 radical (unpaired) electrons. The molecule has 0 bridgehead atoms. The van der Waals surface area contributed by atoms with Crippen LogP contribution in [0, 0.1) is 5.92 Å². The van der Waals surface area contributed by atoms with E-state index in [9.17, 15) is 24.0 Å². The second-order valence-electron chi connectivity index (χ2n) is 16.9. The summed E-state index contributed by atoms with van der Waals surface area (Å²) in [6.45, 7) is 0.429. The molecule has 3 aromatic rings. The highest BCUT2D eigenvalue weighted by atomic mass is 16.2. The molecule has 6 amide bonds. The Morgan fingerprint density at radius 1 is 0.774 bits per heavy atom. The molecule has 1 aliphatic carbocycles. The first-order valence-electron chi connectivity index (χ1n) is 22.1. The minimum absolute atomic E-state index is 0.0160. The number of aliphatic imine (C=N–C) groups is 1. The second kappa shape index (κ2) is 21.8. The van der Waals surface area contributed by atoms with Gasteiger partial charge in [-0.3, -0.25) is 38.7 Å². The number of hydrogen-bond acceptors (Lipinski definition) is 9. The first-order valence-corrected chi connectivity index (χ1v) is 22.1. The fourth-order valence-corrected chi connectivity index (χ4v) is 9.18. The zero-order valence-corrected chi connectivity index (χ0v) is 35.4. The Kier molecular flexibility index (Phi) is 16.1. The quantitative estimate of drug-likeness (QED) is 0.0653. The molecule has 2 saturated heterocycles. The number of fused-ring (bicyclic) bond motifs is 2. The Morgan fingerprint density at radius 2 is 1.47 bits per heavy atom. The minimum atomic E-state index is -1.41. The molecule has 17 heteroatoms. The lowest BCUT2D eigenvalue weighted by Gasteiger charge is -2.37. The third-order valence-electron chi connectivity index (χ3n) is 12.4. The van der Waals surface area contributed by atoms with Crippen molar-refractivity contribution in [2.75, 3.05) is 19.6 Å². The number of aromatic amines is 1. The molecule has 0 unspecified atom stereocenters. The van der Waals surface area contributed by atoms with Crippen LogP contribution >= 0.6 is 0 Å². The van der Waals surface area contributed by atoms with E-state index in [4.69, 9.17) is 22.9 Å². The number of amides is 6. The second-order valence-corrected chi connectivity index (χ2v) is 16.9. The van der Waals surface area contributed by atoms with Crippen molar-refractivity contribution >= 4 is 52.3 Å². The average Bonchev–Trinajstić information content (AvgIpc) is 3.93. The summed E-state index contributed by atoms with van der Waals surface area (Å²) < 4.78 is 0. The smallest absolute Gasteiger partial charge is 0.252 e. The van der Waals surface area contributed by atoms with E-state index in [1.54, 1.807) is 6.20 Å². The number of nitrogens with zero attached hydrogens (tertiary/aromatic N) is 3. The van der Waals surface area contributed by atoms with Crippen molar-refractivity contribution < 1.29 is 28.8 Å². The van der Waals surface area contributed by atoms with Crippen molar-refractivity contribution in [3.05, 3.63) is 71.9 Å². The molecule has 3 aliphatic rings. The van der Waals surface area contributed by atoms with Gasteiger partial charge in [0.2, 0.25) is 29.5 Å². The van der Waals surface area contributed by atoms with E-state index in [0.29, 0.717) is 19.3 Å². The molecule has 1 saturated carbocycles. The lowest BCUT2D eigenvalue weighted by atomic mass is 9.84. The molecule has 334 valence electrons. The van der Waals surface area contributed by atoms with Crippen LogP contribution in [0.15, 0.2) is 65.8 Å². The van der Waals surface area contributed by atoms with Crippen LogP contribution in [-0.2, 0) is 41.6 Å². The fourth-order valence-electron chi connectivity index (χ4n) is 9.18. The summed E-state index contributed by atoms with van der Waals surface area (Å²) in [4.78, 5) is 98.3. The molecule has 62 heavy (non-hydrogen) atoms. The molecule has 6 atom stereocenters. The van der Waals surface area contributed by atoms with Crippen molar-refractivity contribution in [2.24, 2.45) is 33.8 Å². The molecular weight excluding hydrogens is 791 g/mol. The van der Waals surface area contributed by atoms with Crippen LogP contribution in [0.25, 0.3) is 10.9 Å². The van der Waals surface area contributed by atoms with Crippen LogP contribution < -0.4 is 38.9 Å². The SMILES string of the molecule is NCCC[C@H]1C(=O)N2CCC[C@H]2C(=O)N[C@H](CC2CCCCC2)C(=O)N[C@@H](Cc2c[nH]c3ccccc23)C(=O)N[C@H](CCCN=C(N)N)C(=O)N1C(=O)[C@@H](N)Cc1ccccc1. The molecule has 17 nitrogen and oxygen atoms in total. The Morgan fingerprint density at radius 3 is 2.21 bits per heavy atom. The lowest BCUT2D eigenvalue weighted by Crippen LogP contribution is -2.63. The van der Waals surface area contributed by atoms with Crippen molar-refractivity contribution in [1.29, 1.82) is 0 Å². The number of imide groups is 1. The maximum Gasteiger partial charge on any atom is 0.252 e. The third kappa shape index (κ3) is 11.6. The van der Waals surface area contributed by atoms with E-state index >= 15 is 4.79 Å². The normalized spacial score (nSPS) is 23.8. The molecular formula is C45H63N11O6. The van der Waals surface area contributed by atoms with Crippen LogP contribution in [0.3, 0.4) is 0 Å². The molecule has 3 fully saturated rings. The summed E-state index contributed by atoms with van der Waals surface area (Å²) >= 11 is 0. The van der Waals surface area contributed by atoms with Crippen LogP contribution in [-0.4, -0.2) is 112 Å². The Balaban J connectivity index is 1.45. The predicted octanol–water partition coefficient (Wildman–Crippen LogP) is 1.23. The first kappa shape index (κ1) is 45.7. The number of nitrogens with two attached hydrogens (primary N) is 4. The van der Waals surface area contributed by atoms with Gasteiger partial charge in [0.05, 0.1) is 6.04 Å². The van der Waals surface area contributed by atoms with E-state index in [1.165, 1.54) is 4.90 Å². The number of benzene rings is 2. The molecule has 1 aromatic heterocycles. The number of carbonyl (C=O) groups is 6. The highest BCUT2D eigenvalue weighted by Gasteiger charge is 2.46. The van der Waals surface area contributed by atoms with E-state index in [-0.39, 0.29) is 70.0 Å². The monoisotopic (exact) mass is 853 g/mol. The molecule has 3 heterocycles. The van der Waals surface area contributed by atoms with Gasteiger partial charge >= 0.3 is 0 Å². The van der Waals surface area contributed by atoms with Crippen molar-refractivity contribution in [2.45, 2.75) is 126 Å². The minimum Gasteiger partial charge on any atom is -0.370 e. The number of hydrogen-bond donors (Lipinski definition) is 8. The number of H-pyrrole nitrogens is 1. The Labute approximate surface area is 362 Å². The molecule has 0 spiro atoms. The predicted molar refractivity (Wildman–Crippen MR) is 236 cm³/mol. The van der Waals surface area contributed by atoms with Gasteiger partial charge in [0, 0.05) is 36.6 Å². The van der Waals surface area contributed by atoms with Crippen molar-refractivity contribution in [3.63, 3.8) is 0 Å². The standard InChI is InChI=1S/C45H63N11O6/c46-21-9-19-38-44(62)55-23-11-20-37(55)41(59)54-35(25-29-14-5-2-6-15-29)39(57)53-36(26-30-27-51-33-17-8-7-16-31(30)33)40(58)52-34(18-10-22-50-45(48)49)43(61)56(38)42(60)32(47)24-28-12-3-1-4-13-28/h1,3-4,7-8,12-13,16-17,27,29,32,34-38,51H,2,5-6,9-11,14-15,18-26,46-47H2,(H,52,58)(H,53,57)(H,54,59)(H4,48,49,50)/t32-,34+,35+,36-,37-,38-/m0/s1. The highest BCUT2D eigenvalue weighted by molar-refractivity contribution is 6.06. The summed E-state index contributed by atoms with van der Waals surface area (Å²) in [5, 5.41) is 9.67. The maximum absolute atomic E-state index is 15.2. The number of carbonyl (C=O) groups excluding carboxylic acids is 6. The third-order valence-corrected chi connectivity index (χ3v) is 12.4. The Hall–Kier alpha value is -5.81. The average molecular weight is 854 g/mol. The van der Waals surface area contributed by atoms with Gasteiger partial charge in [-0.15, -0.1) is 0 Å². The zero-order chi connectivity index (χ0) is 44.2. The van der Waals surface area contributed by atoms with Gasteiger partial charge in [-0.25, -0.2) is 0 Å². The summed E-state index contributed by atoms with van der Waals surface area (Å²) in [7, 11) is 0. The van der Waals surface area contributed by atoms with Crippen LogP contribution in [0.1, 0.15) is 88.2 Å². The summed E-state index contributed by atoms with van der Waals surface area (Å²) in [6, 6.07) is 9.35. The van der Waals surface area contributed by atoms with Crippen molar-refractivity contribution in [3.8, 4) is 0 Å². The summed E-state index contributed by atoms with van der Waals surface area (Å²) in [5.41, 5.74) is 26.2. The van der Waals surface area contributed by atoms with Gasteiger partial charge < -0.3 is 48.8 Å². The zero-order valence-electron chi connectivity index (χ0n) is 35.4. The molecule has 6 rings (SSSR count). The van der Waals surface area contributed by atoms with Gasteiger partial charge in [0.25, 0.3) is 5.91 Å². The first-order chi connectivity index (χ1) is 29.9. The van der Waals surface area contributed by atoms with E-state index < -0.39 is 71.7 Å². The van der Waals surface area contributed by atoms with Crippen LogP contribution in [0.4, 0.5) is 0 Å². The number of rotatable bonds is 14. The molecule has 2 aromatic carbocycles. The van der Waals surface area contributed by atoms with Gasteiger partial charge in [0.15, 0.2) is 5.96 Å². The molecule has 2 aliphatic heterocycles. The van der Waals surface area contributed by atoms with E-state index in [2.05, 4.69) is 25.9 Å². The number of aromatic nitrogens is 1. The summed E-state index contributed by atoms with van der Waals surface area (Å²) in [6.07, 6.45) is 8.31. The van der Waals surface area contributed by atoms with E-state index in [1.807, 2.05) is 54.6 Å². The topological polar surface area (TPSA) is 277 Å². The highest BCUT2D eigenvalue weighted by Crippen LogP contribution is 2.29. The van der Waals surface area contributed by atoms with Gasteiger partial charge in [-0.1, -0.05) is 80.6 Å². The van der Waals surface area contributed by atoms with E-state index in [0.717, 1.165) is 59.0 Å². The molecule has 12 N–H and O–H groups in total. The summed E-state index contributed by atoms with van der Waals surface area (Å²) in [5.74, 6) is -4.06. The number of para-hydroxylation sites is 1. The van der Waals surface area contributed by atoms with Crippen LogP contribution in [0.5, 0.6) is 0 Å². The number of nitrogens with one attached hydrogen (secondary N) is 4. The Bertz CT molecular complexity index is 2060. The van der Waals surface area contributed by atoms with Crippen molar-refractivity contribution in [1.82, 2.24) is 30.7 Å². The lowest BCUT2D eigenvalue weighted by molar-refractivity contribution is -0.158. The van der Waals surface area contributed by atoms with Gasteiger partial charge in [-0.05, 0) is 81.0 Å². The number of guanidine groups is 1. The van der Waals surface area contributed by atoms with Gasteiger partial charge in [-0.2, -0.15) is 0 Å². The fraction of sp³-hybridized carbons (Fsp3) is 0.533. The maximum atomic E-state index is 15.2.